The molecule has 0 aromatic carbocycles. The van der Waals surface area contributed by atoms with Gasteiger partial charge >= 0.3 is 5.97 Å². The van der Waals surface area contributed by atoms with E-state index in [4.69, 9.17) is 4.74 Å². The van der Waals surface area contributed by atoms with Crippen molar-refractivity contribution >= 4 is 5.97 Å². The van der Waals surface area contributed by atoms with Crippen molar-refractivity contribution in [1.82, 2.24) is 4.90 Å². The highest BCUT2D eigenvalue weighted by Gasteiger charge is 2.09. The first-order chi connectivity index (χ1) is 18.7. The molecule has 0 aliphatic rings. The van der Waals surface area contributed by atoms with Crippen LogP contribution in [0.4, 0.5) is 0 Å². The van der Waals surface area contributed by atoms with Gasteiger partial charge < -0.3 is 9.64 Å². The minimum Gasteiger partial charge on any atom is -0.462 e. The van der Waals surface area contributed by atoms with Crippen LogP contribution in [0.3, 0.4) is 0 Å². The van der Waals surface area contributed by atoms with E-state index in [1.165, 1.54) is 128 Å². The van der Waals surface area contributed by atoms with Crippen molar-refractivity contribution in [2.24, 2.45) is 0 Å². The van der Waals surface area contributed by atoms with Gasteiger partial charge in [0, 0.05) is 13.1 Å². The van der Waals surface area contributed by atoms with Crippen LogP contribution < -0.4 is 0 Å². The van der Waals surface area contributed by atoms with Gasteiger partial charge in [0.15, 0.2) is 0 Å². The molecule has 0 bridgehead atoms. The van der Waals surface area contributed by atoms with Crippen LogP contribution in [0.5, 0.6) is 0 Å². The lowest BCUT2D eigenvalue weighted by molar-refractivity contribution is -0.138. The number of ether oxygens (including phenoxy) is 1. The van der Waals surface area contributed by atoms with Crippen molar-refractivity contribution in [2.45, 2.75) is 162 Å². The SMILES string of the molecule is CCCCCCCCCCCCOC(=O)/C(C#N)=C\C=C\N(CCCCCCCC)CCCCCCCC. The maximum absolute atomic E-state index is 12.3. The van der Waals surface area contributed by atoms with Gasteiger partial charge in [-0.25, -0.2) is 4.79 Å². The number of nitriles is 1. The first-order valence-corrected chi connectivity index (χ1v) is 16.4. The Morgan fingerprint density at radius 1 is 0.632 bits per heavy atom. The van der Waals surface area contributed by atoms with E-state index < -0.39 is 5.97 Å². The number of carbonyl (C=O) groups is 1. The second-order valence-corrected chi connectivity index (χ2v) is 10.9. The fourth-order valence-electron chi connectivity index (χ4n) is 4.70. The predicted octanol–water partition coefficient (Wildman–Crippen LogP) is 10.4. The summed E-state index contributed by atoms with van der Waals surface area (Å²) < 4.78 is 5.37. The molecule has 220 valence electrons. The summed E-state index contributed by atoms with van der Waals surface area (Å²) in [6, 6.07) is 2.03. The van der Waals surface area contributed by atoms with Crippen LogP contribution in [0.25, 0.3) is 0 Å². The third-order valence-corrected chi connectivity index (χ3v) is 7.23. The molecule has 0 aromatic rings. The summed E-state index contributed by atoms with van der Waals surface area (Å²) in [5, 5.41) is 9.46. The summed E-state index contributed by atoms with van der Waals surface area (Å²) in [7, 11) is 0. The molecule has 0 fully saturated rings. The number of unbranched alkanes of at least 4 members (excludes halogenated alkanes) is 19. The monoisotopic (exact) mass is 530 g/mol. The van der Waals surface area contributed by atoms with Gasteiger partial charge in [-0.05, 0) is 37.6 Å². The van der Waals surface area contributed by atoms with Crippen LogP contribution >= 0.6 is 0 Å². The van der Waals surface area contributed by atoms with Crippen molar-refractivity contribution in [3.05, 3.63) is 23.9 Å². The van der Waals surface area contributed by atoms with Crippen LogP contribution in [0.15, 0.2) is 23.9 Å². The Labute approximate surface area is 237 Å². The molecule has 0 saturated carbocycles. The highest BCUT2D eigenvalue weighted by atomic mass is 16.5. The number of allylic oxidation sites excluding steroid dienone is 2. The number of esters is 1. The Morgan fingerprint density at radius 2 is 1.03 bits per heavy atom. The Balaban J connectivity index is 4.36. The molecule has 0 amide bonds. The predicted molar refractivity (Wildman–Crippen MR) is 164 cm³/mol. The standard InChI is InChI=1S/C34H62N2O2/c1-4-7-10-13-16-17-18-19-22-25-31-38-34(37)33(32-35)27-26-30-36(28-23-20-14-11-8-5-2)29-24-21-15-12-9-6-3/h26-27,30H,4-25,28-29,31H2,1-3H3/b30-26+,33-27-. The summed E-state index contributed by atoms with van der Waals surface area (Å²) in [6.07, 6.45) is 33.4. The second-order valence-electron chi connectivity index (χ2n) is 10.9. The summed E-state index contributed by atoms with van der Waals surface area (Å²) in [5.41, 5.74) is 0.0902. The molecule has 0 saturated heterocycles. The molecule has 0 spiro atoms. The minimum atomic E-state index is -0.494. The van der Waals surface area contributed by atoms with E-state index in [9.17, 15) is 10.1 Å². The Bertz CT molecular complexity index is 604. The zero-order valence-electron chi connectivity index (χ0n) is 25.6. The normalized spacial score (nSPS) is 11.7. The number of carbonyl (C=O) groups excluding carboxylic acids is 1. The van der Waals surface area contributed by atoms with E-state index in [1.54, 1.807) is 6.08 Å². The fourth-order valence-corrected chi connectivity index (χ4v) is 4.70. The van der Waals surface area contributed by atoms with Crippen molar-refractivity contribution < 1.29 is 9.53 Å². The third-order valence-electron chi connectivity index (χ3n) is 7.23. The molecule has 4 nitrogen and oxygen atoms in total. The van der Waals surface area contributed by atoms with Gasteiger partial charge in [0.2, 0.25) is 0 Å². The zero-order valence-corrected chi connectivity index (χ0v) is 25.6. The third kappa shape index (κ3) is 24.6. The molecule has 0 heterocycles. The van der Waals surface area contributed by atoms with E-state index in [2.05, 4.69) is 31.9 Å². The van der Waals surface area contributed by atoms with Gasteiger partial charge in [-0.3, -0.25) is 0 Å². The first kappa shape index (κ1) is 36.2. The van der Waals surface area contributed by atoms with E-state index in [1.807, 2.05) is 12.1 Å². The van der Waals surface area contributed by atoms with Crippen LogP contribution in [0.2, 0.25) is 0 Å². The molecule has 0 aromatic heterocycles. The molecule has 0 radical (unpaired) electrons. The smallest absolute Gasteiger partial charge is 0.348 e. The van der Waals surface area contributed by atoms with E-state index in [0.29, 0.717) is 6.61 Å². The van der Waals surface area contributed by atoms with Crippen LogP contribution in [-0.2, 0) is 9.53 Å². The number of rotatable bonds is 28. The highest BCUT2D eigenvalue weighted by molar-refractivity contribution is 5.93. The molecule has 4 heteroatoms. The molecule has 0 aliphatic carbocycles. The van der Waals surface area contributed by atoms with Crippen molar-refractivity contribution in [2.75, 3.05) is 19.7 Å². The fraction of sp³-hybridized carbons (Fsp3) is 0.824. The molecule has 38 heavy (non-hydrogen) atoms. The zero-order chi connectivity index (χ0) is 27.9. The summed E-state index contributed by atoms with van der Waals surface area (Å²) in [4.78, 5) is 14.7. The molecule has 0 rings (SSSR count). The molecule has 0 atom stereocenters. The number of hydrogen-bond acceptors (Lipinski definition) is 4. The Morgan fingerprint density at radius 3 is 1.45 bits per heavy atom. The quantitative estimate of drug-likeness (QED) is 0.0332. The van der Waals surface area contributed by atoms with E-state index in [-0.39, 0.29) is 5.57 Å². The van der Waals surface area contributed by atoms with Gasteiger partial charge in [0.1, 0.15) is 11.6 Å². The van der Waals surface area contributed by atoms with Gasteiger partial charge in [-0.2, -0.15) is 5.26 Å². The van der Waals surface area contributed by atoms with Crippen molar-refractivity contribution in [3.8, 4) is 6.07 Å². The molecular formula is C34H62N2O2. The summed E-state index contributed by atoms with van der Waals surface area (Å²) in [5.74, 6) is -0.494. The average molecular weight is 531 g/mol. The van der Waals surface area contributed by atoms with E-state index >= 15 is 0 Å². The highest BCUT2D eigenvalue weighted by Crippen LogP contribution is 2.12. The summed E-state index contributed by atoms with van der Waals surface area (Å²) in [6.45, 7) is 9.24. The second kappa shape index (κ2) is 29.8. The maximum Gasteiger partial charge on any atom is 0.348 e. The van der Waals surface area contributed by atoms with Gasteiger partial charge in [-0.1, -0.05) is 143 Å². The van der Waals surface area contributed by atoms with Gasteiger partial charge in [0.05, 0.1) is 6.61 Å². The van der Waals surface area contributed by atoms with Crippen LogP contribution in [-0.4, -0.2) is 30.6 Å². The van der Waals surface area contributed by atoms with E-state index in [0.717, 1.165) is 25.9 Å². The average Bonchev–Trinajstić information content (AvgIpc) is 2.92. The first-order valence-electron chi connectivity index (χ1n) is 16.4. The molecule has 0 aliphatic heterocycles. The van der Waals surface area contributed by atoms with Gasteiger partial charge in [0.25, 0.3) is 0 Å². The molecule has 0 N–H and O–H groups in total. The lowest BCUT2D eigenvalue weighted by atomic mass is 10.1. The topological polar surface area (TPSA) is 53.3 Å². The van der Waals surface area contributed by atoms with Gasteiger partial charge in [-0.15, -0.1) is 0 Å². The lowest BCUT2D eigenvalue weighted by Gasteiger charge is -2.20. The van der Waals surface area contributed by atoms with Crippen LogP contribution in [0.1, 0.15) is 162 Å². The summed E-state index contributed by atoms with van der Waals surface area (Å²) >= 11 is 0. The van der Waals surface area contributed by atoms with Crippen molar-refractivity contribution in [3.63, 3.8) is 0 Å². The largest absolute Gasteiger partial charge is 0.462 e. The molecular weight excluding hydrogens is 468 g/mol. The number of nitrogens with zero attached hydrogens (tertiary/aromatic N) is 2. The van der Waals surface area contributed by atoms with Crippen molar-refractivity contribution in [1.29, 1.82) is 5.26 Å². The Hall–Kier alpha value is -1.76. The maximum atomic E-state index is 12.3. The minimum absolute atomic E-state index is 0.0902. The molecule has 0 unspecified atom stereocenters. The lowest BCUT2D eigenvalue weighted by Crippen LogP contribution is -2.20. The van der Waals surface area contributed by atoms with Crippen LogP contribution in [0, 0.1) is 11.3 Å². The Kier molecular flexibility index (Phi) is 28.4. The number of hydrogen-bond donors (Lipinski definition) is 0.